The number of fused-ring (bicyclic) bond motifs is 1. The largest absolute Gasteiger partial charge is 0.453 e. The van der Waals surface area contributed by atoms with E-state index in [1.54, 1.807) is 0 Å². The lowest BCUT2D eigenvalue weighted by Gasteiger charge is -1.90. The lowest BCUT2D eigenvalue weighted by Crippen LogP contribution is -1.95. The highest BCUT2D eigenvalue weighted by Gasteiger charge is 2.17. The van der Waals surface area contributed by atoms with Gasteiger partial charge >= 0.3 is 0 Å². The fraction of sp³-hybridized carbons (Fsp3) is 0.133. The molecule has 2 aromatic heterocycles. The summed E-state index contributed by atoms with van der Waals surface area (Å²) in [6.45, 7) is 4.04. The molecule has 0 atom stereocenters. The molecule has 0 aliphatic rings. The van der Waals surface area contributed by atoms with Crippen LogP contribution in [0.4, 0.5) is 0 Å². The molecule has 90 valence electrons. The van der Waals surface area contributed by atoms with E-state index in [9.17, 15) is 4.79 Å². The topological polar surface area (TPSA) is 30.2 Å². The molecule has 0 saturated heterocycles. The number of carbonyl (C=O) groups excluding carboxylic acids is 1. The summed E-state index contributed by atoms with van der Waals surface area (Å²) in [7, 11) is 0. The molecule has 3 heteroatoms. The van der Waals surface area contributed by atoms with Gasteiger partial charge in [-0.1, -0.05) is 18.2 Å². The number of para-hydroxylation sites is 1. The van der Waals surface area contributed by atoms with E-state index in [1.807, 2.05) is 50.2 Å². The second kappa shape index (κ2) is 4.10. The van der Waals surface area contributed by atoms with Crippen LogP contribution in [0.2, 0.25) is 0 Å². The molecule has 0 amide bonds. The molecule has 0 spiro atoms. The van der Waals surface area contributed by atoms with E-state index in [4.69, 9.17) is 4.42 Å². The normalized spacial score (nSPS) is 11.0. The van der Waals surface area contributed by atoms with E-state index in [0.717, 1.165) is 21.4 Å². The van der Waals surface area contributed by atoms with Crippen LogP contribution in [-0.2, 0) is 0 Å². The zero-order valence-corrected chi connectivity index (χ0v) is 11.0. The molecule has 1 aromatic carbocycles. The standard InChI is InChI=1S/C15H12O2S/c1-9-7-14(18-10(9)2)15(16)13-8-11-5-3-4-6-12(11)17-13/h3-8H,1-2H3. The van der Waals surface area contributed by atoms with Crippen LogP contribution >= 0.6 is 11.3 Å². The molecular formula is C15H12O2S. The van der Waals surface area contributed by atoms with Crippen molar-refractivity contribution in [1.82, 2.24) is 0 Å². The van der Waals surface area contributed by atoms with Crippen LogP contribution in [0.3, 0.4) is 0 Å². The van der Waals surface area contributed by atoms with Gasteiger partial charge in [-0.25, -0.2) is 0 Å². The maximum absolute atomic E-state index is 12.3. The maximum Gasteiger partial charge on any atom is 0.238 e. The second-order valence-electron chi connectivity index (χ2n) is 4.33. The van der Waals surface area contributed by atoms with Crippen LogP contribution in [0.1, 0.15) is 25.9 Å². The van der Waals surface area contributed by atoms with Gasteiger partial charge in [-0.2, -0.15) is 0 Å². The summed E-state index contributed by atoms with van der Waals surface area (Å²) in [5.74, 6) is 0.379. The third kappa shape index (κ3) is 1.77. The summed E-state index contributed by atoms with van der Waals surface area (Å²) in [6, 6.07) is 11.4. The Labute approximate surface area is 109 Å². The molecule has 0 saturated carbocycles. The van der Waals surface area contributed by atoms with Crippen molar-refractivity contribution in [3.8, 4) is 0 Å². The SMILES string of the molecule is Cc1cc(C(=O)c2cc3ccccc3o2)sc1C. The zero-order chi connectivity index (χ0) is 12.7. The Bertz CT molecular complexity index is 681. The predicted octanol–water partition coefficient (Wildman–Crippen LogP) is 4.34. The Morgan fingerprint density at radius 1 is 1.17 bits per heavy atom. The minimum Gasteiger partial charge on any atom is -0.453 e. The smallest absolute Gasteiger partial charge is 0.238 e. The van der Waals surface area contributed by atoms with Crippen LogP contribution in [0, 0.1) is 13.8 Å². The van der Waals surface area contributed by atoms with Gasteiger partial charge in [-0.3, -0.25) is 4.79 Å². The van der Waals surface area contributed by atoms with Gasteiger partial charge in [0.2, 0.25) is 5.78 Å². The van der Waals surface area contributed by atoms with Gasteiger partial charge in [0.1, 0.15) is 5.58 Å². The first-order valence-corrected chi connectivity index (χ1v) is 6.57. The van der Waals surface area contributed by atoms with Crippen molar-refractivity contribution in [2.75, 3.05) is 0 Å². The average Bonchev–Trinajstić information content (AvgIpc) is 2.93. The van der Waals surface area contributed by atoms with Gasteiger partial charge in [0.15, 0.2) is 5.76 Å². The van der Waals surface area contributed by atoms with E-state index < -0.39 is 0 Å². The van der Waals surface area contributed by atoms with E-state index in [1.165, 1.54) is 16.2 Å². The van der Waals surface area contributed by atoms with Crippen molar-refractivity contribution in [2.45, 2.75) is 13.8 Å². The molecule has 2 heterocycles. The van der Waals surface area contributed by atoms with Crippen LogP contribution in [0.25, 0.3) is 11.0 Å². The third-order valence-electron chi connectivity index (χ3n) is 3.04. The fourth-order valence-electron chi connectivity index (χ4n) is 1.90. The van der Waals surface area contributed by atoms with Gasteiger partial charge in [0.25, 0.3) is 0 Å². The first-order chi connectivity index (χ1) is 8.65. The Morgan fingerprint density at radius 3 is 2.61 bits per heavy atom. The zero-order valence-electron chi connectivity index (χ0n) is 10.2. The second-order valence-corrected chi connectivity index (χ2v) is 5.58. The third-order valence-corrected chi connectivity index (χ3v) is 4.19. The number of aryl methyl sites for hydroxylation is 2. The van der Waals surface area contributed by atoms with E-state index in [-0.39, 0.29) is 5.78 Å². The van der Waals surface area contributed by atoms with Gasteiger partial charge in [-0.05, 0) is 37.6 Å². The molecule has 0 fully saturated rings. The molecule has 18 heavy (non-hydrogen) atoms. The quantitative estimate of drug-likeness (QED) is 0.638. The molecule has 0 aliphatic heterocycles. The van der Waals surface area contributed by atoms with Crippen molar-refractivity contribution < 1.29 is 9.21 Å². The van der Waals surface area contributed by atoms with E-state index >= 15 is 0 Å². The summed E-state index contributed by atoms with van der Waals surface area (Å²) >= 11 is 1.52. The molecule has 0 N–H and O–H groups in total. The Balaban J connectivity index is 2.06. The predicted molar refractivity (Wildman–Crippen MR) is 73.4 cm³/mol. The minimum absolute atomic E-state index is 0.0348. The summed E-state index contributed by atoms with van der Waals surface area (Å²) in [4.78, 5) is 14.2. The monoisotopic (exact) mass is 256 g/mol. The number of thiophene rings is 1. The number of benzene rings is 1. The fourth-order valence-corrected chi connectivity index (χ4v) is 2.88. The molecular weight excluding hydrogens is 244 g/mol. The van der Waals surface area contributed by atoms with Crippen LogP contribution in [0.15, 0.2) is 40.8 Å². The molecule has 3 aromatic rings. The Kier molecular flexibility index (Phi) is 2.56. The van der Waals surface area contributed by atoms with Crippen molar-refractivity contribution in [3.05, 3.63) is 57.5 Å². The molecule has 3 rings (SSSR count). The molecule has 0 aliphatic carbocycles. The first-order valence-electron chi connectivity index (χ1n) is 5.75. The van der Waals surface area contributed by atoms with E-state index in [0.29, 0.717) is 5.76 Å². The van der Waals surface area contributed by atoms with Crippen molar-refractivity contribution >= 4 is 28.1 Å². The lowest BCUT2D eigenvalue weighted by atomic mass is 10.2. The number of carbonyl (C=O) groups is 1. The lowest BCUT2D eigenvalue weighted by molar-refractivity contribution is 0.101. The highest BCUT2D eigenvalue weighted by atomic mass is 32.1. The highest BCUT2D eigenvalue weighted by Crippen LogP contribution is 2.26. The maximum atomic E-state index is 12.3. The van der Waals surface area contributed by atoms with Crippen molar-refractivity contribution in [2.24, 2.45) is 0 Å². The summed E-state index contributed by atoms with van der Waals surface area (Å²) < 4.78 is 5.59. The van der Waals surface area contributed by atoms with Gasteiger partial charge in [0, 0.05) is 10.3 Å². The molecule has 0 unspecified atom stereocenters. The number of furan rings is 1. The average molecular weight is 256 g/mol. The summed E-state index contributed by atoms with van der Waals surface area (Å²) in [6.07, 6.45) is 0. The number of hydrogen-bond donors (Lipinski definition) is 0. The van der Waals surface area contributed by atoms with Gasteiger partial charge in [0.05, 0.1) is 4.88 Å². The Morgan fingerprint density at radius 2 is 1.94 bits per heavy atom. The summed E-state index contributed by atoms with van der Waals surface area (Å²) in [5, 5.41) is 0.964. The summed E-state index contributed by atoms with van der Waals surface area (Å²) in [5.41, 5.74) is 1.91. The van der Waals surface area contributed by atoms with Crippen molar-refractivity contribution in [3.63, 3.8) is 0 Å². The molecule has 0 bridgehead atoms. The number of ketones is 1. The van der Waals surface area contributed by atoms with Gasteiger partial charge < -0.3 is 4.42 Å². The van der Waals surface area contributed by atoms with Crippen molar-refractivity contribution in [1.29, 1.82) is 0 Å². The van der Waals surface area contributed by atoms with Gasteiger partial charge in [-0.15, -0.1) is 11.3 Å². The van der Waals surface area contributed by atoms with E-state index in [2.05, 4.69) is 0 Å². The number of hydrogen-bond acceptors (Lipinski definition) is 3. The number of rotatable bonds is 2. The van der Waals surface area contributed by atoms with Crippen LogP contribution < -0.4 is 0 Å². The Hall–Kier alpha value is -1.87. The first kappa shape index (κ1) is 11.2. The molecule has 2 nitrogen and oxygen atoms in total. The highest BCUT2D eigenvalue weighted by molar-refractivity contribution is 7.14. The van der Waals surface area contributed by atoms with Crippen LogP contribution in [-0.4, -0.2) is 5.78 Å². The van der Waals surface area contributed by atoms with Crippen LogP contribution in [0.5, 0.6) is 0 Å². The molecule has 0 radical (unpaired) electrons. The minimum atomic E-state index is -0.0348.